The van der Waals surface area contributed by atoms with Crippen molar-refractivity contribution in [3.05, 3.63) is 41.5 Å². The molecule has 1 aliphatic heterocycles. The van der Waals surface area contributed by atoms with Crippen molar-refractivity contribution in [2.75, 3.05) is 11.9 Å². The number of rotatable bonds is 5. The van der Waals surface area contributed by atoms with Gasteiger partial charge in [-0.25, -0.2) is 4.79 Å². The summed E-state index contributed by atoms with van der Waals surface area (Å²) in [6, 6.07) is 6.89. The predicted molar refractivity (Wildman–Crippen MR) is 99.2 cm³/mol. The summed E-state index contributed by atoms with van der Waals surface area (Å²) in [5.74, 6) is -0.0352. The van der Waals surface area contributed by atoms with E-state index in [1.54, 1.807) is 0 Å². The molecule has 2 fully saturated rings. The van der Waals surface area contributed by atoms with E-state index >= 15 is 0 Å². The Morgan fingerprint density at radius 2 is 2.08 bits per heavy atom. The fraction of sp³-hybridized carbons (Fsp3) is 0.450. The summed E-state index contributed by atoms with van der Waals surface area (Å²) in [5, 5.41) is 5.48. The van der Waals surface area contributed by atoms with Crippen molar-refractivity contribution in [3.8, 4) is 0 Å². The van der Waals surface area contributed by atoms with Gasteiger partial charge in [0.2, 0.25) is 11.8 Å². The third-order valence-electron chi connectivity index (χ3n) is 5.18. The number of allylic oxidation sites excluding steroid dienone is 2. The molecule has 0 radical (unpaired) electrons. The molecule has 4 amide bonds. The summed E-state index contributed by atoms with van der Waals surface area (Å²) in [7, 11) is 0. The number of hydrogen-bond donors (Lipinski definition) is 2. The van der Waals surface area contributed by atoms with Crippen LogP contribution in [0.25, 0.3) is 0 Å². The van der Waals surface area contributed by atoms with E-state index in [9.17, 15) is 14.4 Å². The number of imide groups is 1. The molecule has 138 valence electrons. The van der Waals surface area contributed by atoms with Crippen molar-refractivity contribution in [2.24, 2.45) is 17.3 Å². The van der Waals surface area contributed by atoms with E-state index < -0.39 is 0 Å². The molecule has 2 unspecified atom stereocenters. The minimum absolute atomic E-state index is 0.00430. The van der Waals surface area contributed by atoms with Crippen LogP contribution in [0, 0.1) is 17.3 Å². The van der Waals surface area contributed by atoms with Gasteiger partial charge in [0.1, 0.15) is 0 Å². The van der Waals surface area contributed by atoms with Crippen LogP contribution in [0.3, 0.4) is 0 Å². The molecule has 1 saturated heterocycles. The third-order valence-corrected chi connectivity index (χ3v) is 5.18. The Labute approximate surface area is 153 Å². The third kappa shape index (κ3) is 3.49. The Hall–Kier alpha value is -2.63. The van der Waals surface area contributed by atoms with Crippen LogP contribution in [0.5, 0.6) is 0 Å². The quantitative estimate of drug-likeness (QED) is 0.630. The lowest BCUT2D eigenvalue weighted by atomic mass is 10.1. The molecule has 2 atom stereocenters. The van der Waals surface area contributed by atoms with Gasteiger partial charge in [-0.05, 0) is 42.9 Å². The van der Waals surface area contributed by atoms with Gasteiger partial charge in [0, 0.05) is 5.69 Å². The highest BCUT2D eigenvalue weighted by Crippen LogP contribution is 2.59. The Balaban J connectivity index is 1.68. The highest BCUT2D eigenvalue weighted by Gasteiger charge is 2.60. The molecule has 1 aliphatic carbocycles. The van der Waals surface area contributed by atoms with Crippen LogP contribution < -0.4 is 10.6 Å². The Morgan fingerprint density at radius 3 is 2.69 bits per heavy atom. The first kappa shape index (κ1) is 18.2. The minimum Gasteiger partial charge on any atom is -0.329 e. The minimum atomic E-state index is -0.381. The molecule has 1 aromatic carbocycles. The van der Waals surface area contributed by atoms with E-state index in [0.29, 0.717) is 5.69 Å². The second-order valence-corrected chi connectivity index (χ2v) is 7.90. The number of hydrogen-bond acceptors (Lipinski definition) is 3. The van der Waals surface area contributed by atoms with E-state index in [4.69, 9.17) is 0 Å². The van der Waals surface area contributed by atoms with Crippen molar-refractivity contribution in [3.63, 3.8) is 0 Å². The molecular formula is C20H25N3O3. The van der Waals surface area contributed by atoms with Crippen LogP contribution in [-0.4, -0.2) is 29.3 Å². The summed E-state index contributed by atoms with van der Waals surface area (Å²) in [6.07, 6.45) is 2.16. The molecule has 1 aromatic rings. The molecule has 0 bridgehead atoms. The van der Waals surface area contributed by atoms with Gasteiger partial charge in [0.05, 0.1) is 19.0 Å². The summed E-state index contributed by atoms with van der Waals surface area (Å²) in [4.78, 5) is 37.2. The zero-order valence-corrected chi connectivity index (χ0v) is 15.6. The molecule has 1 saturated carbocycles. The van der Waals surface area contributed by atoms with Gasteiger partial charge >= 0.3 is 6.03 Å². The summed E-state index contributed by atoms with van der Waals surface area (Å²) in [5.41, 5.74) is 2.65. The van der Waals surface area contributed by atoms with Gasteiger partial charge < -0.3 is 10.6 Å². The zero-order valence-electron chi connectivity index (χ0n) is 15.6. The lowest BCUT2D eigenvalue weighted by Gasteiger charge is -2.13. The van der Waals surface area contributed by atoms with E-state index in [1.165, 1.54) is 10.5 Å². The summed E-state index contributed by atoms with van der Waals surface area (Å²) < 4.78 is 0. The number of amides is 4. The van der Waals surface area contributed by atoms with E-state index in [1.807, 2.05) is 38.1 Å². The summed E-state index contributed by atoms with van der Waals surface area (Å²) in [6.45, 7) is 8.54. The monoisotopic (exact) mass is 355 g/mol. The normalized spacial score (nSPS) is 23.5. The molecular weight excluding hydrogens is 330 g/mol. The largest absolute Gasteiger partial charge is 0.329 e. The average Bonchev–Trinajstić information content (AvgIpc) is 2.94. The second-order valence-electron chi connectivity index (χ2n) is 7.90. The molecule has 3 rings (SSSR count). The van der Waals surface area contributed by atoms with Gasteiger partial charge in [-0.3, -0.25) is 14.5 Å². The topological polar surface area (TPSA) is 78.5 Å². The molecule has 2 aliphatic rings. The number of anilines is 1. The Morgan fingerprint density at radius 1 is 1.35 bits per heavy atom. The molecule has 0 spiro atoms. The van der Waals surface area contributed by atoms with Gasteiger partial charge in [-0.2, -0.15) is 0 Å². The van der Waals surface area contributed by atoms with E-state index in [0.717, 1.165) is 5.56 Å². The number of benzene rings is 1. The maximum Gasteiger partial charge on any atom is 0.324 e. The van der Waals surface area contributed by atoms with Crippen molar-refractivity contribution < 1.29 is 14.4 Å². The fourth-order valence-electron chi connectivity index (χ4n) is 3.61. The average molecular weight is 355 g/mol. The maximum absolute atomic E-state index is 12.7. The van der Waals surface area contributed by atoms with Crippen LogP contribution in [0.4, 0.5) is 10.5 Å². The van der Waals surface area contributed by atoms with Crippen LogP contribution in [0.1, 0.15) is 33.3 Å². The van der Waals surface area contributed by atoms with Crippen LogP contribution >= 0.6 is 0 Å². The molecule has 1 heterocycles. The number of urea groups is 1. The number of nitrogens with one attached hydrogen (secondary N) is 2. The molecule has 26 heavy (non-hydrogen) atoms. The standard InChI is InChI=1S/C20H25N3O3/c1-12(2)8-15-17(20(15,3)4)18(25)22-14-7-5-6-13(9-14)11-23-16(24)10-21-19(23)26/h5-9,15,17H,10-11H2,1-4H3,(H,21,26)(H,22,25). The lowest BCUT2D eigenvalue weighted by Crippen LogP contribution is -2.30. The van der Waals surface area contributed by atoms with Gasteiger partial charge in [0.15, 0.2) is 0 Å². The molecule has 2 N–H and O–H groups in total. The molecule has 0 aromatic heterocycles. The van der Waals surface area contributed by atoms with Crippen LogP contribution in [-0.2, 0) is 16.1 Å². The second kappa shape index (κ2) is 6.59. The maximum atomic E-state index is 12.7. The van der Waals surface area contributed by atoms with Gasteiger partial charge in [-0.15, -0.1) is 0 Å². The smallest absolute Gasteiger partial charge is 0.324 e. The highest BCUT2D eigenvalue weighted by molar-refractivity contribution is 6.02. The number of carbonyl (C=O) groups excluding carboxylic acids is 3. The van der Waals surface area contributed by atoms with Crippen molar-refractivity contribution in [1.82, 2.24) is 10.2 Å². The van der Waals surface area contributed by atoms with Gasteiger partial charge in [-0.1, -0.05) is 37.6 Å². The first-order chi connectivity index (χ1) is 12.2. The lowest BCUT2D eigenvalue weighted by molar-refractivity contribution is -0.125. The first-order valence-electron chi connectivity index (χ1n) is 8.83. The molecule has 6 nitrogen and oxygen atoms in total. The SMILES string of the molecule is CC(C)=CC1C(C(=O)Nc2cccc(CN3C(=O)CNC3=O)c2)C1(C)C. The van der Waals surface area contributed by atoms with Crippen LogP contribution in [0.15, 0.2) is 35.9 Å². The Kier molecular flexibility index (Phi) is 4.61. The number of nitrogens with zero attached hydrogens (tertiary/aromatic N) is 1. The first-order valence-corrected chi connectivity index (χ1v) is 8.83. The number of carbonyl (C=O) groups is 3. The molecule has 6 heteroatoms. The highest BCUT2D eigenvalue weighted by atomic mass is 16.2. The van der Waals surface area contributed by atoms with Crippen molar-refractivity contribution >= 4 is 23.5 Å². The van der Waals surface area contributed by atoms with Crippen molar-refractivity contribution in [1.29, 1.82) is 0 Å². The van der Waals surface area contributed by atoms with Crippen LogP contribution in [0.2, 0.25) is 0 Å². The van der Waals surface area contributed by atoms with E-state index in [-0.39, 0.29) is 48.2 Å². The summed E-state index contributed by atoms with van der Waals surface area (Å²) >= 11 is 0. The predicted octanol–water partition coefficient (Wildman–Crippen LogP) is 2.92. The fourth-order valence-corrected chi connectivity index (χ4v) is 3.61. The zero-order chi connectivity index (χ0) is 19.1. The van der Waals surface area contributed by atoms with Gasteiger partial charge in [0.25, 0.3) is 0 Å². The van der Waals surface area contributed by atoms with E-state index in [2.05, 4.69) is 30.6 Å². The van der Waals surface area contributed by atoms with Crippen molar-refractivity contribution in [2.45, 2.75) is 34.2 Å². The Bertz CT molecular complexity index is 777.